The zero-order valence-corrected chi connectivity index (χ0v) is 11.5. The molecule has 0 unspecified atom stereocenters. The number of rotatable bonds is 2. The van der Waals surface area contributed by atoms with E-state index in [0.717, 1.165) is 4.90 Å². The lowest BCUT2D eigenvalue weighted by Gasteiger charge is -2.49. The number of aliphatic hydroxyl groups is 1. The van der Waals surface area contributed by atoms with E-state index in [-0.39, 0.29) is 13.0 Å². The fourth-order valence-electron chi connectivity index (χ4n) is 2.05. The van der Waals surface area contributed by atoms with Crippen LogP contribution in [-0.4, -0.2) is 46.1 Å². The molecular weight excluding hydrogens is 263 g/mol. The topological polar surface area (TPSA) is 49.8 Å². The number of ether oxygens (including phenoxy) is 1. The number of carbonyl (C=O) groups excluding carboxylic acids is 1. The van der Waals surface area contributed by atoms with Gasteiger partial charge in [0.15, 0.2) is 5.60 Å². The van der Waals surface area contributed by atoms with Crippen LogP contribution in [0.3, 0.4) is 0 Å². The average Bonchev–Trinajstić information content (AvgIpc) is 2.10. The van der Waals surface area contributed by atoms with Crippen molar-refractivity contribution in [2.24, 2.45) is 0 Å². The third kappa shape index (κ3) is 3.13. The van der Waals surface area contributed by atoms with Crippen LogP contribution in [0.4, 0.5) is 18.0 Å². The molecule has 2 atom stereocenters. The summed E-state index contributed by atoms with van der Waals surface area (Å²) >= 11 is 0. The van der Waals surface area contributed by atoms with Crippen LogP contribution in [0.15, 0.2) is 0 Å². The lowest BCUT2D eigenvalue weighted by atomic mass is 9.82. The molecule has 1 rings (SSSR count). The molecule has 1 saturated heterocycles. The third-order valence-electron chi connectivity index (χ3n) is 3.23. The molecule has 1 amide bonds. The van der Waals surface area contributed by atoms with E-state index in [1.165, 1.54) is 6.92 Å². The molecular formula is C12H20F3NO3. The van der Waals surface area contributed by atoms with Crippen molar-refractivity contribution in [2.75, 3.05) is 6.54 Å². The molecule has 7 heteroatoms. The molecule has 0 saturated carbocycles. The first-order valence-electron chi connectivity index (χ1n) is 6.21. The van der Waals surface area contributed by atoms with Crippen LogP contribution < -0.4 is 0 Å². The Morgan fingerprint density at radius 3 is 2.16 bits per heavy atom. The fourth-order valence-corrected chi connectivity index (χ4v) is 2.05. The summed E-state index contributed by atoms with van der Waals surface area (Å²) in [7, 11) is 0. The summed E-state index contributed by atoms with van der Waals surface area (Å²) in [6.07, 6.45) is -5.98. The Bertz CT molecular complexity index is 351. The first kappa shape index (κ1) is 16.1. The van der Waals surface area contributed by atoms with Crippen molar-refractivity contribution in [2.45, 2.75) is 64.0 Å². The highest BCUT2D eigenvalue weighted by Gasteiger charge is 2.62. The predicted molar refractivity (Wildman–Crippen MR) is 62.6 cm³/mol. The summed E-state index contributed by atoms with van der Waals surface area (Å²) in [6.45, 7) is 6.32. The summed E-state index contributed by atoms with van der Waals surface area (Å²) in [4.78, 5) is 12.7. The Labute approximate surface area is 110 Å². The number of carbonyl (C=O) groups is 1. The molecule has 1 N–H and O–H groups in total. The number of likely N-dealkylation sites (tertiary alicyclic amines) is 1. The van der Waals surface area contributed by atoms with E-state index in [2.05, 4.69) is 0 Å². The van der Waals surface area contributed by atoms with Gasteiger partial charge in [-0.1, -0.05) is 6.92 Å². The standard InChI is InChI=1S/C12H20F3NO3/c1-5-11(18,12(13,14)15)8-6-7-16(8)9(17)19-10(2,3)4/h8,18H,5-7H2,1-4H3/t8-,11-/m1/s1. The number of alkyl halides is 3. The van der Waals surface area contributed by atoms with Gasteiger partial charge in [-0.3, -0.25) is 0 Å². The number of amides is 1. The highest BCUT2D eigenvalue weighted by atomic mass is 19.4. The maximum absolute atomic E-state index is 12.9. The van der Waals surface area contributed by atoms with Gasteiger partial charge in [0.25, 0.3) is 0 Å². The maximum atomic E-state index is 12.9. The highest BCUT2D eigenvalue weighted by Crippen LogP contribution is 2.42. The summed E-state index contributed by atoms with van der Waals surface area (Å²) in [5.41, 5.74) is -3.65. The predicted octanol–water partition coefficient (Wildman–Crippen LogP) is 2.70. The van der Waals surface area contributed by atoms with Gasteiger partial charge < -0.3 is 14.7 Å². The molecule has 0 radical (unpaired) electrons. The number of hydrogen-bond acceptors (Lipinski definition) is 3. The second-order valence-electron chi connectivity index (χ2n) is 5.75. The SMILES string of the molecule is CC[C@@](O)([C@H]1CCN1C(=O)OC(C)(C)C)C(F)(F)F. The van der Waals surface area contributed by atoms with Crippen LogP contribution in [-0.2, 0) is 4.74 Å². The normalized spacial score (nSPS) is 23.6. The van der Waals surface area contributed by atoms with Crippen molar-refractivity contribution in [3.63, 3.8) is 0 Å². The monoisotopic (exact) mass is 283 g/mol. The minimum atomic E-state index is -4.77. The van der Waals surface area contributed by atoms with Crippen molar-refractivity contribution >= 4 is 6.09 Å². The minimum Gasteiger partial charge on any atom is -0.444 e. The molecule has 112 valence electrons. The van der Waals surface area contributed by atoms with Gasteiger partial charge in [-0.25, -0.2) is 4.79 Å². The summed E-state index contributed by atoms with van der Waals surface area (Å²) in [5.74, 6) is 0. The van der Waals surface area contributed by atoms with E-state index in [0.29, 0.717) is 0 Å². The molecule has 1 fully saturated rings. The first-order chi connectivity index (χ1) is 8.42. The lowest BCUT2D eigenvalue weighted by molar-refractivity contribution is -0.290. The van der Waals surface area contributed by atoms with E-state index in [1.807, 2.05) is 0 Å². The first-order valence-corrected chi connectivity index (χ1v) is 6.21. The van der Waals surface area contributed by atoms with Crippen LogP contribution in [0, 0.1) is 0 Å². The van der Waals surface area contributed by atoms with E-state index in [1.54, 1.807) is 20.8 Å². The summed E-state index contributed by atoms with van der Waals surface area (Å²) < 4.78 is 43.8. The van der Waals surface area contributed by atoms with Gasteiger partial charge in [0.05, 0.1) is 6.04 Å². The fraction of sp³-hybridized carbons (Fsp3) is 0.917. The van der Waals surface area contributed by atoms with Gasteiger partial charge >= 0.3 is 12.3 Å². The molecule has 0 bridgehead atoms. The van der Waals surface area contributed by atoms with Crippen LogP contribution in [0.1, 0.15) is 40.5 Å². The van der Waals surface area contributed by atoms with Crippen LogP contribution in [0.25, 0.3) is 0 Å². The zero-order chi connectivity index (χ0) is 15.1. The quantitative estimate of drug-likeness (QED) is 0.847. The van der Waals surface area contributed by atoms with Gasteiger partial charge in [-0.15, -0.1) is 0 Å². The maximum Gasteiger partial charge on any atom is 0.419 e. The van der Waals surface area contributed by atoms with Crippen LogP contribution in [0.5, 0.6) is 0 Å². The van der Waals surface area contributed by atoms with Gasteiger partial charge in [-0.2, -0.15) is 13.2 Å². The smallest absolute Gasteiger partial charge is 0.419 e. The van der Waals surface area contributed by atoms with Crippen molar-refractivity contribution in [1.82, 2.24) is 4.90 Å². The third-order valence-corrected chi connectivity index (χ3v) is 3.23. The molecule has 1 aliphatic rings. The second-order valence-corrected chi connectivity index (χ2v) is 5.75. The minimum absolute atomic E-state index is 0.114. The molecule has 0 aromatic rings. The second kappa shape index (κ2) is 4.85. The zero-order valence-electron chi connectivity index (χ0n) is 11.5. The van der Waals surface area contributed by atoms with Crippen molar-refractivity contribution < 1.29 is 27.8 Å². The van der Waals surface area contributed by atoms with Gasteiger partial charge in [-0.05, 0) is 33.6 Å². The molecule has 1 heterocycles. The van der Waals surface area contributed by atoms with Gasteiger partial charge in [0, 0.05) is 6.54 Å². The number of halogens is 3. The highest BCUT2D eigenvalue weighted by molar-refractivity contribution is 5.70. The molecule has 0 aromatic heterocycles. The van der Waals surface area contributed by atoms with Crippen molar-refractivity contribution in [3.05, 3.63) is 0 Å². The van der Waals surface area contributed by atoms with E-state index >= 15 is 0 Å². The number of hydrogen-bond donors (Lipinski definition) is 1. The van der Waals surface area contributed by atoms with Gasteiger partial charge in [0.1, 0.15) is 5.60 Å². The van der Waals surface area contributed by atoms with Crippen molar-refractivity contribution in [3.8, 4) is 0 Å². The molecule has 19 heavy (non-hydrogen) atoms. The Hall–Kier alpha value is -0.980. The average molecular weight is 283 g/mol. The molecule has 4 nitrogen and oxygen atoms in total. The van der Waals surface area contributed by atoms with Crippen LogP contribution in [0.2, 0.25) is 0 Å². The Morgan fingerprint density at radius 2 is 1.89 bits per heavy atom. The Balaban J connectivity index is 2.84. The van der Waals surface area contributed by atoms with Gasteiger partial charge in [0.2, 0.25) is 0 Å². The lowest BCUT2D eigenvalue weighted by Crippen LogP contribution is -2.68. The Morgan fingerprint density at radius 1 is 1.37 bits per heavy atom. The molecule has 0 aromatic carbocycles. The van der Waals surface area contributed by atoms with E-state index < -0.39 is 35.9 Å². The molecule has 0 spiro atoms. The van der Waals surface area contributed by atoms with E-state index in [9.17, 15) is 23.1 Å². The largest absolute Gasteiger partial charge is 0.444 e. The van der Waals surface area contributed by atoms with Crippen molar-refractivity contribution in [1.29, 1.82) is 0 Å². The number of nitrogens with zero attached hydrogens (tertiary/aromatic N) is 1. The Kier molecular flexibility index (Phi) is 4.10. The summed E-state index contributed by atoms with van der Waals surface area (Å²) in [5, 5.41) is 9.82. The van der Waals surface area contributed by atoms with Crippen LogP contribution >= 0.6 is 0 Å². The van der Waals surface area contributed by atoms with E-state index in [4.69, 9.17) is 4.74 Å². The summed E-state index contributed by atoms with van der Waals surface area (Å²) in [6, 6.07) is -1.27. The molecule has 0 aliphatic carbocycles. The molecule has 1 aliphatic heterocycles.